The molecule has 0 amide bonds. The Balaban J connectivity index is 3.03. The fourth-order valence-corrected chi connectivity index (χ4v) is 1.50. The van der Waals surface area contributed by atoms with Gasteiger partial charge in [0.15, 0.2) is 0 Å². The van der Waals surface area contributed by atoms with Crippen molar-refractivity contribution in [3.63, 3.8) is 0 Å². The zero-order chi connectivity index (χ0) is 13.1. The van der Waals surface area contributed by atoms with Gasteiger partial charge in [0.05, 0.1) is 5.56 Å². The van der Waals surface area contributed by atoms with E-state index in [0.717, 1.165) is 29.3 Å². The molecule has 0 radical (unpaired) electrons. The van der Waals surface area contributed by atoms with Gasteiger partial charge in [0.25, 0.3) is 5.56 Å². The van der Waals surface area contributed by atoms with Gasteiger partial charge in [0.2, 0.25) is 0 Å². The summed E-state index contributed by atoms with van der Waals surface area (Å²) in [5.74, 6) is 0. The molecule has 1 heterocycles. The third kappa shape index (κ3) is 3.59. The molecule has 0 saturated heterocycles. The van der Waals surface area contributed by atoms with E-state index >= 15 is 0 Å². The molecule has 96 valence electrons. The van der Waals surface area contributed by atoms with Crippen molar-refractivity contribution >= 4 is 0 Å². The van der Waals surface area contributed by atoms with E-state index < -0.39 is 17.3 Å². The zero-order valence-corrected chi connectivity index (χ0v) is 9.71. The minimum absolute atomic E-state index is 0.0174. The van der Waals surface area contributed by atoms with Gasteiger partial charge in [-0.25, -0.2) is 0 Å². The second kappa shape index (κ2) is 5.35. The number of hydrogen-bond donors (Lipinski definition) is 1. The summed E-state index contributed by atoms with van der Waals surface area (Å²) < 4.78 is 38.5. The summed E-state index contributed by atoms with van der Waals surface area (Å²) in [7, 11) is 1.72. The van der Waals surface area contributed by atoms with Crippen LogP contribution in [0, 0.1) is 0 Å². The first-order chi connectivity index (χ1) is 7.88. The van der Waals surface area contributed by atoms with Crippen molar-refractivity contribution in [1.82, 2.24) is 9.88 Å². The molecule has 3 nitrogen and oxygen atoms in total. The van der Waals surface area contributed by atoms with Gasteiger partial charge >= 0.3 is 6.18 Å². The standard InChI is InChI=1S/C11H15F3N2O/c1-3-9(15-2)7-16-6-8(11(12,13)14)4-5-10(16)17/h4-6,9,15H,3,7H2,1-2H3. The molecule has 17 heavy (non-hydrogen) atoms. The van der Waals surface area contributed by atoms with Crippen molar-refractivity contribution in [2.45, 2.75) is 32.1 Å². The van der Waals surface area contributed by atoms with Crippen LogP contribution in [0.4, 0.5) is 13.2 Å². The zero-order valence-electron chi connectivity index (χ0n) is 9.71. The van der Waals surface area contributed by atoms with Gasteiger partial charge in [-0.3, -0.25) is 4.79 Å². The number of nitrogens with zero attached hydrogens (tertiary/aromatic N) is 1. The Morgan fingerprint density at radius 1 is 1.41 bits per heavy atom. The molecule has 0 bridgehead atoms. The lowest BCUT2D eigenvalue weighted by Gasteiger charge is -2.16. The molecule has 0 aliphatic rings. The van der Waals surface area contributed by atoms with Crippen LogP contribution in [0.1, 0.15) is 18.9 Å². The lowest BCUT2D eigenvalue weighted by atomic mass is 10.2. The van der Waals surface area contributed by atoms with Crippen LogP contribution in [0.15, 0.2) is 23.1 Å². The first kappa shape index (κ1) is 13.8. The summed E-state index contributed by atoms with van der Waals surface area (Å²) in [4.78, 5) is 11.4. The molecular formula is C11H15F3N2O. The van der Waals surface area contributed by atoms with Crippen molar-refractivity contribution in [1.29, 1.82) is 0 Å². The monoisotopic (exact) mass is 248 g/mol. The van der Waals surface area contributed by atoms with Crippen LogP contribution in [0.25, 0.3) is 0 Å². The topological polar surface area (TPSA) is 34.0 Å². The average Bonchev–Trinajstić information content (AvgIpc) is 2.26. The molecule has 0 fully saturated rings. The maximum Gasteiger partial charge on any atom is 0.417 e. The van der Waals surface area contributed by atoms with Crippen LogP contribution in [0.2, 0.25) is 0 Å². The van der Waals surface area contributed by atoms with E-state index in [0.29, 0.717) is 0 Å². The number of pyridine rings is 1. The predicted octanol–water partition coefficient (Wildman–Crippen LogP) is 1.87. The third-order valence-electron chi connectivity index (χ3n) is 2.63. The second-order valence-electron chi connectivity index (χ2n) is 3.80. The number of likely N-dealkylation sites (N-methyl/N-ethyl adjacent to an activating group) is 1. The van der Waals surface area contributed by atoms with Gasteiger partial charge in [-0.15, -0.1) is 0 Å². The Kier molecular flexibility index (Phi) is 4.34. The fraction of sp³-hybridized carbons (Fsp3) is 0.545. The molecule has 1 aromatic rings. The van der Waals surface area contributed by atoms with Crippen LogP contribution in [-0.2, 0) is 12.7 Å². The molecule has 1 atom stereocenters. The van der Waals surface area contributed by atoms with Gasteiger partial charge < -0.3 is 9.88 Å². The van der Waals surface area contributed by atoms with Gasteiger partial charge in [0.1, 0.15) is 0 Å². The second-order valence-corrected chi connectivity index (χ2v) is 3.80. The van der Waals surface area contributed by atoms with E-state index in [1.54, 1.807) is 7.05 Å². The Labute approximate surface area is 97.3 Å². The number of rotatable bonds is 4. The molecule has 6 heteroatoms. The summed E-state index contributed by atoms with van der Waals surface area (Å²) in [6.07, 6.45) is -2.82. The van der Waals surface area contributed by atoms with E-state index in [1.165, 1.54) is 0 Å². The number of hydrogen-bond acceptors (Lipinski definition) is 2. The Hall–Kier alpha value is -1.30. The highest BCUT2D eigenvalue weighted by atomic mass is 19.4. The molecule has 0 aromatic carbocycles. The van der Waals surface area contributed by atoms with Crippen molar-refractivity contribution in [2.75, 3.05) is 7.05 Å². The van der Waals surface area contributed by atoms with Crippen molar-refractivity contribution in [3.8, 4) is 0 Å². The molecule has 0 saturated carbocycles. The maximum absolute atomic E-state index is 12.5. The number of aromatic nitrogens is 1. The highest BCUT2D eigenvalue weighted by Gasteiger charge is 2.31. The smallest absolute Gasteiger partial charge is 0.315 e. The Morgan fingerprint density at radius 2 is 2.06 bits per heavy atom. The summed E-state index contributed by atoms with van der Waals surface area (Å²) in [5.41, 5.74) is -1.23. The number of nitrogens with one attached hydrogen (secondary N) is 1. The van der Waals surface area contributed by atoms with Crippen molar-refractivity contribution in [3.05, 3.63) is 34.2 Å². The third-order valence-corrected chi connectivity index (χ3v) is 2.63. The lowest BCUT2D eigenvalue weighted by Crippen LogP contribution is -2.34. The summed E-state index contributed by atoms with van der Waals surface area (Å²) in [6.45, 7) is 2.13. The normalized spacial score (nSPS) is 13.7. The SMILES string of the molecule is CCC(Cn1cc(C(F)(F)F)ccc1=O)NC. The fourth-order valence-electron chi connectivity index (χ4n) is 1.50. The number of alkyl halides is 3. The van der Waals surface area contributed by atoms with E-state index in [-0.39, 0.29) is 12.6 Å². The lowest BCUT2D eigenvalue weighted by molar-refractivity contribution is -0.138. The van der Waals surface area contributed by atoms with Gasteiger partial charge in [-0.2, -0.15) is 13.2 Å². The predicted molar refractivity (Wildman–Crippen MR) is 58.8 cm³/mol. The summed E-state index contributed by atoms with van der Waals surface area (Å²) >= 11 is 0. The first-order valence-corrected chi connectivity index (χ1v) is 5.33. The molecule has 1 aromatic heterocycles. The van der Waals surface area contributed by atoms with Gasteiger partial charge in [-0.05, 0) is 19.5 Å². The minimum atomic E-state index is -4.42. The first-order valence-electron chi connectivity index (χ1n) is 5.33. The Morgan fingerprint density at radius 3 is 2.53 bits per heavy atom. The highest BCUT2D eigenvalue weighted by molar-refractivity contribution is 5.13. The largest absolute Gasteiger partial charge is 0.417 e. The molecule has 0 spiro atoms. The molecule has 1 N–H and O–H groups in total. The molecule has 1 rings (SSSR count). The van der Waals surface area contributed by atoms with E-state index in [9.17, 15) is 18.0 Å². The van der Waals surface area contributed by atoms with E-state index in [4.69, 9.17) is 0 Å². The minimum Gasteiger partial charge on any atom is -0.315 e. The van der Waals surface area contributed by atoms with Crippen LogP contribution < -0.4 is 10.9 Å². The Bertz CT molecular complexity index is 421. The van der Waals surface area contributed by atoms with Crippen LogP contribution in [-0.4, -0.2) is 17.7 Å². The van der Waals surface area contributed by atoms with Crippen LogP contribution >= 0.6 is 0 Å². The van der Waals surface area contributed by atoms with Gasteiger partial charge in [0, 0.05) is 24.8 Å². The quantitative estimate of drug-likeness (QED) is 0.882. The summed E-state index contributed by atoms with van der Waals surface area (Å²) in [5, 5.41) is 2.94. The maximum atomic E-state index is 12.5. The average molecular weight is 248 g/mol. The van der Waals surface area contributed by atoms with Crippen molar-refractivity contribution < 1.29 is 13.2 Å². The molecular weight excluding hydrogens is 233 g/mol. The number of halogens is 3. The van der Waals surface area contributed by atoms with E-state index in [2.05, 4.69) is 5.32 Å². The molecule has 0 aliphatic carbocycles. The summed E-state index contributed by atoms with van der Waals surface area (Å²) in [6, 6.07) is 1.74. The molecule has 1 unspecified atom stereocenters. The van der Waals surface area contributed by atoms with Gasteiger partial charge in [-0.1, -0.05) is 6.92 Å². The van der Waals surface area contributed by atoms with Crippen molar-refractivity contribution in [2.24, 2.45) is 0 Å². The van der Waals surface area contributed by atoms with Crippen LogP contribution in [0.5, 0.6) is 0 Å². The van der Waals surface area contributed by atoms with Crippen LogP contribution in [0.3, 0.4) is 0 Å². The van der Waals surface area contributed by atoms with E-state index in [1.807, 2.05) is 6.92 Å². The molecule has 0 aliphatic heterocycles. The highest BCUT2D eigenvalue weighted by Crippen LogP contribution is 2.28.